The highest BCUT2D eigenvalue weighted by atomic mass is 16.5. The molecule has 0 bridgehead atoms. The molecule has 0 saturated carbocycles. The predicted molar refractivity (Wildman–Crippen MR) is 69.0 cm³/mol. The van der Waals surface area contributed by atoms with Crippen molar-refractivity contribution >= 4 is 0 Å². The fraction of sp³-hybridized carbons (Fsp3) is 0.429. The Kier molecular flexibility index (Phi) is 3.77. The van der Waals surface area contributed by atoms with Crippen molar-refractivity contribution in [3.63, 3.8) is 0 Å². The van der Waals surface area contributed by atoms with E-state index in [0.29, 0.717) is 18.1 Å². The molecule has 4 heteroatoms. The molecular formula is C14H18N2O2. The van der Waals surface area contributed by atoms with Crippen molar-refractivity contribution in [1.82, 2.24) is 10.1 Å². The van der Waals surface area contributed by atoms with Gasteiger partial charge in [-0.2, -0.15) is 4.98 Å². The van der Waals surface area contributed by atoms with Gasteiger partial charge in [0.2, 0.25) is 11.7 Å². The van der Waals surface area contributed by atoms with E-state index in [1.807, 2.05) is 45.0 Å². The molecule has 0 saturated heterocycles. The van der Waals surface area contributed by atoms with Crippen molar-refractivity contribution in [3.8, 4) is 11.4 Å². The fourth-order valence-corrected chi connectivity index (χ4v) is 1.65. The lowest BCUT2D eigenvalue weighted by atomic mass is 10.0. The molecule has 2 aromatic rings. The summed E-state index contributed by atoms with van der Waals surface area (Å²) in [7, 11) is 0. The lowest BCUT2D eigenvalue weighted by molar-refractivity contribution is 0.116. The number of hydrogen-bond acceptors (Lipinski definition) is 4. The molecule has 1 aromatic heterocycles. The van der Waals surface area contributed by atoms with Crippen molar-refractivity contribution in [2.45, 2.75) is 33.3 Å². The van der Waals surface area contributed by atoms with Gasteiger partial charge in [0.25, 0.3) is 0 Å². The van der Waals surface area contributed by atoms with Crippen LogP contribution in [0.1, 0.15) is 25.3 Å². The van der Waals surface area contributed by atoms with Gasteiger partial charge in [0, 0.05) is 5.56 Å². The van der Waals surface area contributed by atoms with Gasteiger partial charge in [0.1, 0.15) is 0 Å². The standard InChI is InChI=1S/C14H18N2O2/c1-9(2)12(17)8-13-15-14(16-18-13)11-6-4-5-10(3)7-11/h4-7,9,12,17H,8H2,1-3H3. The minimum atomic E-state index is -0.448. The molecule has 0 amide bonds. The van der Waals surface area contributed by atoms with Crippen LogP contribution in [0.15, 0.2) is 28.8 Å². The molecule has 0 radical (unpaired) electrons. The summed E-state index contributed by atoms with van der Waals surface area (Å²) in [4.78, 5) is 4.31. The number of nitrogens with zero attached hydrogens (tertiary/aromatic N) is 2. The van der Waals surface area contributed by atoms with E-state index in [1.54, 1.807) is 0 Å². The Hall–Kier alpha value is -1.68. The quantitative estimate of drug-likeness (QED) is 0.900. The number of rotatable bonds is 4. The zero-order valence-corrected chi connectivity index (χ0v) is 10.9. The predicted octanol–water partition coefficient (Wildman–Crippen LogP) is 2.60. The van der Waals surface area contributed by atoms with Gasteiger partial charge in [-0.1, -0.05) is 42.8 Å². The maximum absolute atomic E-state index is 9.78. The second-order valence-electron chi connectivity index (χ2n) is 4.90. The summed E-state index contributed by atoms with van der Waals surface area (Å²) in [6, 6.07) is 7.94. The molecule has 1 aromatic carbocycles. The first kappa shape index (κ1) is 12.8. The molecule has 96 valence electrons. The van der Waals surface area contributed by atoms with E-state index in [-0.39, 0.29) is 5.92 Å². The van der Waals surface area contributed by atoms with Crippen molar-refractivity contribution in [2.75, 3.05) is 0 Å². The highest BCUT2D eigenvalue weighted by Crippen LogP contribution is 2.18. The number of aliphatic hydroxyl groups excluding tert-OH is 1. The molecule has 0 aliphatic carbocycles. The van der Waals surface area contributed by atoms with Crippen LogP contribution < -0.4 is 0 Å². The molecule has 1 unspecified atom stereocenters. The van der Waals surface area contributed by atoms with Crippen molar-refractivity contribution < 1.29 is 9.63 Å². The van der Waals surface area contributed by atoms with Crippen molar-refractivity contribution in [1.29, 1.82) is 0 Å². The number of benzene rings is 1. The van der Waals surface area contributed by atoms with Crippen LogP contribution in [0.25, 0.3) is 11.4 Å². The van der Waals surface area contributed by atoms with Crippen LogP contribution in [-0.4, -0.2) is 21.4 Å². The molecule has 1 heterocycles. The van der Waals surface area contributed by atoms with Crippen LogP contribution in [0, 0.1) is 12.8 Å². The first-order valence-electron chi connectivity index (χ1n) is 6.14. The molecule has 2 rings (SSSR count). The maximum Gasteiger partial charge on any atom is 0.229 e. The largest absolute Gasteiger partial charge is 0.392 e. The molecule has 1 atom stereocenters. The highest BCUT2D eigenvalue weighted by molar-refractivity contribution is 5.55. The average molecular weight is 246 g/mol. The first-order chi connectivity index (χ1) is 8.56. The van der Waals surface area contributed by atoms with Crippen LogP contribution >= 0.6 is 0 Å². The molecule has 0 aliphatic rings. The van der Waals surface area contributed by atoms with E-state index in [4.69, 9.17) is 4.52 Å². The third-order valence-electron chi connectivity index (χ3n) is 2.90. The number of aryl methyl sites for hydroxylation is 1. The van der Waals surface area contributed by atoms with Crippen molar-refractivity contribution in [2.24, 2.45) is 5.92 Å². The number of hydrogen-bond donors (Lipinski definition) is 1. The first-order valence-corrected chi connectivity index (χ1v) is 6.14. The normalized spacial score (nSPS) is 12.9. The molecule has 4 nitrogen and oxygen atoms in total. The van der Waals surface area contributed by atoms with Gasteiger partial charge < -0.3 is 9.63 Å². The lowest BCUT2D eigenvalue weighted by Crippen LogP contribution is -2.17. The number of aliphatic hydroxyl groups is 1. The molecule has 0 spiro atoms. The maximum atomic E-state index is 9.78. The van der Waals surface area contributed by atoms with Gasteiger partial charge in [0.15, 0.2) is 0 Å². The Morgan fingerprint density at radius 2 is 2.11 bits per heavy atom. The second-order valence-corrected chi connectivity index (χ2v) is 4.90. The van der Waals surface area contributed by atoms with E-state index in [0.717, 1.165) is 11.1 Å². The Morgan fingerprint density at radius 1 is 1.33 bits per heavy atom. The number of aromatic nitrogens is 2. The van der Waals surface area contributed by atoms with Crippen LogP contribution in [0.4, 0.5) is 0 Å². The summed E-state index contributed by atoms with van der Waals surface area (Å²) in [6.45, 7) is 5.94. The summed E-state index contributed by atoms with van der Waals surface area (Å²) >= 11 is 0. The molecule has 1 N–H and O–H groups in total. The van der Waals surface area contributed by atoms with Gasteiger partial charge >= 0.3 is 0 Å². The topological polar surface area (TPSA) is 59.2 Å². The lowest BCUT2D eigenvalue weighted by Gasteiger charge is -2.10. The van der Waals surface area contributed by atoms with Crippen LogP contribution in [0.2, 0.25) is 0 Å². The van der Waals surface area contributed by atoms with E-state index in [2.05, 4.69) is 10.1 Å². The Labute approximate surface area is 107 Å². The van der Waals surface area contributed by atoms with Gasteiger partial charge in [0.05, 0.1) is 12.5 Å². The van der Waals surface area contributed by atoms with Crippen LogP contribution in [0.5, 0.6) is 0 Å². The van der Waals surface area contributed by atoms with Gasteiger partial charge in [-0.3, -0.25) is 0 Å². The van der Waals surface area contributed by atoms with Crippen molar-refractivity contribution in [3.05, 3.63) is 35.7 Å². The Balaban J connectivity index is 2.15. The van der Waals surface area contributed by atoms with Gasteiger partial charge in [-0.05, 0) is 18.9 Å². The summed E-state index contributed by atoms with van der Waals surface area (Å²) < 4.78 is 5.16. The summed E-state index contributed by atoms with van der Waals surface area (Å²) in [5.41, 5.74) is 2.09. The molecule has 0 aliphatic heterocycles. The zero-order chi connectivity index (χ0) is 13.1. The third-order valence-corrected chi connectivity index (χ3v) is 2.90. The third kappa shape index (κ3) is 2.96. The minimum Gasteiger partial charge on any atom is -0.392 e. The highest BCUT2D eigenvalue weighted by Gasteiger charge is 2.15. The van der Waals surface area contributed by atoms with Crippen LogP contribution in [0.3, 0.4) is 0 Å². The Morgan fingerprint density at radius 3 is 2.78 bits per heavy atom. The van der Waals surface area contributed by atoms with E-state index in [1.165, 1.54) is 0 Å². The van der Waals surface area contributed by atoms with E-state index in [9.17, 15) is 5.11 Å². The molecular weight excluding hydrogens is 228 g/mol. The second kappa shape index (κ2) is 5.31. The molecule has 18 heavy (non-hydrogen) atoms. The molecule has 0 fully saturated rings. The SMILES string of the molecule is Cc1cccc(-c2noc(CC(O)C(C)C)n2)c1. The monoisotopic (exact) mass is 246 g/mol. The average Bonchev–Trinajstić information content (AvgIpc) is 2.77. The summed E-state index contributed by atoms with van der Waals surface area (Å²) in [5.74, 6) is 1.23. The summed E-state index contributed by atoms with van der Waals surface area (Å²) in [6.07, 6.45) is -0.0490. The zero-order valence-electron chi connectivity index (χ0n) is 10.9. The Bertz CT molecular complexity index is 520. The van der Waals surface area contributed by atoms with E-state index >= 15 is 0 Å². The van der Waals surface area contributed by atoms with Gasteiger partial charge in [-0.25, -0.2) is 0 Å². The van der Waals surface area contributed by atoms with Gasteiger partial charge in [-0.15, -0.1) is 0 Å². The summed E-state index contributed by atoms with van der Waals surface area (Å²) in [5, 5.41) is 13.7. The minimum absolute atomic E-state index is 0.180. The smallest absolute Gasteiger partial charge is 0.229 e. The fourth-order valence-electron chi connectivity index (χ4n) is 1.65. The van der Waals surface area contributed by atoms with E-state index < -0.39 is 6.10 Å². The van der Waals surface area contributed by atoms with Crippen LogP contribution in [-0.2, 0) is 6.42 Å².